The van der Waals surface area contributed by atoms with Crippen LogP contribution in [0.4, 0.5) is 5.69 Å². The molecule has 4 nitrogen and oxygen atoms in total. The van der Waals surface area contributed by atoms with Gasteiger partial charge in [-0.05, 0) is 55.3 Å². The summed E-state index contributed by atoms with van der Waals surface area (Å²) in [6.07, 6.45) is 1.63. The van der Waals surface area contributed by atoms with E-state index in [2.05, 4.69) is 5.32 Å². The zero-order valence-electron chi connectivity index (χ0n) is 15.8. The lowest BCUT2D eigenvalue weighted by molar-refractivity contribution is -0.897. The molecule has 1 aliphatic rings. The van der Waals surface area contributed by atoms with Crippen molar-refractivity contribution in [2.24, 2.45) is 5.92 Å². The molecule has 0 saturated carbocycles. The maximum atomic E-state index is 12.6. The predicted molar refractivity (Wildman–Crippen MR) is 109 cm³/mol. The molecule has 0 radical (unpaired) electrons. The number of likely N-dealkylation sites (tertiary alicyclic amines) is 1. The van der Waals surface area contributed by atoms with Gasteiger partial charge in [0.2, 0.25) is 0 Å². The van der Waals surface area contributed by atoms with Crippen LogP contribution in [0.5, 0.6) is 0 Å². The number of carbonyl (C=O) groups is 2. The third kappa shape index (κ3) is 5.18. The zero-order chi connectivity index (χ0) is 19.4. The molecule has 0 aliphatic carbocycles. The molecule has 1 aliphatic heterocycles. The largest absolute Gasteiger partial charge is 0.327 e. The summed E-state index contributed by atoms with van der Waals surface area (Å²) in [6, 6.07) is 13.2. The number of nitrogens with one attached hydrogen (secondary N) is 2. The van der Waals surface area contributed by atoms with Crippen LogP contribution in [0.3, 0.4) is 0 Å². The van der Waals surface area contributed by atoms with Gasteiger partial charge < -0.3 is 10.2 Å². The van der Waals surface area contributed by atoms with Crippen LogP contribution in [0.2, 0.25) is 5.02 Å². The van der Waals surface area contributed by atoms with E-state index in [-0.39, 0.29) is 17.6 Å². The number of hydrogen-bond donors (Lipinski definition) is 2. The minimum absolute atomic E-state index is 0.0289. The Morgan fingerprint density at radius 1 is 1.07 bits per heavy atom. The molecular formula is C22H26ClN2O2+. The second-order valence-electron chi connectivity index (χ2n) is 7.44. The lowest BCUT2D eigenvalue weighted by Gasteiger charge is -2.28. The van der Waals surface area contributed by atoms with Crippen molar-refractivity contribution in [2.75, 3.05) is 25.0 Å². The van der Waals surface area contributed by atoms with E-state index in [1.165, 1.54) is 4.90 Å². The number of anilines is 1. The number of hydrogen-bond acceptors (Lipinski definition) is 2. The Labute approximate surface area is 165 Å². The van der Waals surface area contributed by atoms with Gasteiger partial charge in [-0.2, -0.15) is 0 Å². The standard InChI is InChI=1S/C22H25ClN2O2/c1-15-3-4-16(2)20(13-15)24-21(26)14-25-11-9-18(10-12-25)22(27)17-5-7-19(23)8-6-17/h3-8,13,18H,9-12,14H2,1-2H3,(H,24,26)/p+1. The van der Waals surface area contributed by atoms with Crippen molar-refractivity contribution in [1.82, 2.24) is 0 Å². The molecule has 0 aromatic heterocycles. The lowest BCUT2D eigenvalue weighted by Crippen LogP contribution is -3.14. The van der Waals surface area contributed by atoms with E-state index < -0.39 is 0 Å². The van der Waals surface area contributed by atoms with Gasteiger partial charge in [-0.1, -0.05) is 23.7 Å². The van der Waals surface area contributed by atoms with Crippen LogP contribution in [-0.2, 0) is 4.79 Å². The first-order chi connectivity index (χ1) is 12.9. The molecule has 0 spiro atoms. The second kappa shape index (κ2) is 8.68. The Morgan fingerprint density at radius 3 is 2.41 bits per heavy atom. The second-order valence-corrected chi connectivity index (χ2v) is 7.88. The number of aryl methyl sites for hydroxylation is 2. The molecule has 2 N–H and O–H groups in total. The number of piperidine rings is 1. The highest BCUT2D eigenvalue weighted by Gasteiger charge is 2.29. The minimum atomic E-state index is 0.0289. The van der Waals surface area contributed by atoms with Crippen LogP contribution >= 0.6 is 11.6 Å². The SMILES string of the molecule is Cc1ccc(C)c(NC(=O)C[NH+]2CCC(C(=O)c3ccc(Cl)cc3)CC2)c1. The first-order valence-electron chi connectivity index (χ1n) is 9.43. The van der Waals surface area contributed by atoms with Gasteiger partial charge in [0, 0.05) is 35.0 Å². The predicted octanol–water partition coefficient (Wildman–Crippen LogP) is 3.07. The topological polar surface area (TPSA) is 50.6 Å². The Hall–Kier alpha value is -2.17. The molecule has 1 fully saturated rings. The van der Waals surface area contributed by atoms with E-state index in [9.17, 15) is 9.59 Å². The number of Topliss-reactive ketones (excluding diaryl/α,β-unsaturated/α-hetero) is 1. The number of quaternary nitrogens is 1. The van der Waals surface area contributed by atoms with Crippen molar-refractivity contribution in [1.29, 1.82) is 0 Å². The molecule has 0 atom stereocenters. The highest BCUT2D eigenvalue weighted by molar-refractivity contribution is 6.30. The maximum Gasteiger partial charge on any atom is 0.279 e. The van der Waals surface area contributed by atoms with Crippen LogP contribution in [-0.4, -0.2) is 31.3 Å². The van der Waals surface area contributed by atoms with Gasteiger partial charge in [-0.15, -0.1) is 0 Å². The van der Waals surface area contributed by atoms with E-state index in [1.807, 2.05) is 32.0 Å². The molecule has 3 rings (SSSR count). The molecule has 27 heavy (non-hydrogen) atoms. The molecule has 1 amide bonds. The van der Waals surface area contributed by atoms with Crippen LogP contribution < -0.4 is 10.2 Å². The number of halogens is 1. The van der Waals surface area contributed by atoms with E-state index in [4.69, 9.17) is 11.6 Å². The quantitative estimate of drug-likeness (QED) is 0.777. The number of benzene rings is 2. The Bertz CT molecular complexity index is 825. The first-order valence-corrected chi connectivity index (χ1v) is 9.80. The van der Waals surface area contributed by atoms with Crippen LogP contribution in [0, 0.1) is 19.8 Å². The summed E-state index contributed by atoms with van der Waals surface area (Å²) in [7, 11) is 0. The van der Waals surface area contributed by atoms with Crippen molar-refractivity contribution in [3.05, 3.63) is 64.2 Å². The van der Waals surface area contributed by atoms with E-state index in [0.717, 1.165) is 48.3 Å². The smallest absolute Gasteiger partial charge is 0.279 e. The van der Waals surface area contributed by atoms with E-state index in [0.29, 0.717) is 11.6 Å². The van der Waals surface area contributed by atoms with Gasteiger partial charge in [0.1, 0.15) is 0 Å². The Kier molecular flexibility index (Phi) is 6.30. The van der Waals surface area contributed by atoms with Gasteiger partial charge in [0.05, 0.1) is 13.1 Å². The number of carbonyl (C=O) groups excluding carboxylic acids is 2. The highest BCUT2D eigenvalue weighted by Crippen LogP contribution is 2.19. The van der Waals surface area contributed by atoms with E-state index >= 15 is 0 Å². The third-order valence-electron chi connectivity index (χ3n) is 5.27. The van der Waals surface area contributed by atoms with Crippen molar-refractivity contribution in [2.45, 2.75) is 26.7 Å². The van der Waals surface area contributed by atoms with Gasteiger partial charge >= 0.3 is 0 Å². The molecular weight excluding hydrogens is 360 g/mol. The van der Waals surface area contributed by atoms with Crippen molar-refractivity contribution in [3.63, 3.8) is 0 Å². The summed E-state index contributed by atoms with van der Waals surface area (Å²) in [6.45, 7) is 6.13. The Morgan fingerprint density at radius 2 is 1.74 bits per heavy atom. The maximum absolute atomic E-state index is 12.6. The molecule has 0 unspecified atom stereocenters. The van der Waals surface area contributed by atoms with Crippen molar-refractivity contribution >= 4 is 29.0 Å². The fraction of sp³-hybridized carbons (Fsp3) is 0.364. The molecule has 0 bridgehead atoms. The average Bonchev–Trinajstić information content (AvgIpc) is 2.65. The molecule has 1 heterocycles. The van der Waals surface area contributed by atoms with Crippen LogP contribution in [0.25, 0.3) is 0 Å². The van der Waals surface area contributed by atoms with Crippen molar-refractivity contribution < 1.29 is 14.5 Å². The van der Waals surface area contributed by atoms with Crippen LogP contribution in [0.15, 0.2) is 42.5 Å². The summed E-state index contributed by atoms with van der Waals surface area (Å²) < 4.78 is 0. The Balaban J connectivity index is 1.50. The van der Waals surface area contributed by atoms with Gasteiger partial charge in [-0.3, -0.25) is 9.59 Å². The fourth-order valence-corrected chi connectivity index (χ4v) is 3.73. The first kappa shape index (κ1) is 19.6. The summed E-state index contributed by atoms with van der Waals surface area (Å²) in [5, 5.41) is 3.66. The minimum Gasteiger partial charge on any atom is -0.327 e. The number of amides is 1. The molecule has 2 aromatic rings. The summed E-state index contributed by atoms with van der Waals surface area (Å²) in [5.74, 6) is 0.253. The van der Waals surface area contributed by atoms with Crippen LogP contribution in [0.1, 0.15) is 34.3 Å². The molecule has 5 heteroatoms. The van der Waals surface area contributed by atoms with Gasteiger partial charge in [-0.25, -0.2) is 0 Å². The van der Waals surface area contributed by atoms with E-state index in [1.54, 1.807) is 24.3 Å². The lowest BCUT2D eigenvalue weighted by atomic mass is 9.89. The number of rotatable bonds is 5. The van der Waals surface area contributed by atoms with Gasteiger partial charge in [0.25, 0.3) is 5.91 Å². The van der Waals surface area contributed by atoms with Crippen molar-refractivity contribution in [3.8, 4) is 0 Å². The molecule has 142 valence electrons. The monoisotopic (exact) mass is 385 g/mol. The number of ketones is 1. The fourth-order valence-electron chi connectivity index (χ4n) is 3.61. The van der Waals surface area contributed by atoms with Gasteiger partial charge in [0.15, 0.2) is 12.3 Å². The normalized spacial score (nSPS) is 19.5. The molecule has 2 aromatic carbocycles. The zero-order valence-corrected chi connectivity index (χ0v) is 16.6. The average molecular weight is 386 g/mol. The summed E-state index contributed by atoms with van der Waals surface area (Å²) >= 11 is 5.89. The summed E-state index contributed by atoms with van der Waals surface area (Å²) in [4.78, 5) is 26.3. The summed E-state index contributed by atoms with van der Waals surface area (Å²) in [5.41, 5.74) is 3.80. The molecule has 1 saturated heterocycles. The highest BCUT2D eigenvalue weighted by atomic mass is 35.5. The third-order valence-corrected chi connectivity index (χ3v) is 5.52.